The van der Waals surface area contributed by atoms with Gasteiger partial charge in [0.25, 0.3) is 0 Å². The average Bonchev–Trinajstić information content (AvgIpc) is 2.30. The van der Waals surface area contributed by atoms with Crippen LogP contribution in [0.4, 0.5) is 11.6 Å². The molecule has 0 bridgehead atoms. The summed E-state index contributed by atoms with van der Waals surface area (Å²) in [5, 5.41) is 7.30. The Morgan fingerprint density at radius 1 is 1.28 bits per heavy atom. The second-order valence-corrected chi connectivity index (χ2v) is 5.35. The Kier molecular flexibility index (Phi) is 5.99. The first-order valence-electron chi connectivity index (χ1n) is 5.89. The van der Waals surface area contributed by atoms with Gasteiger partial charge in [0.2, 0.25) is 0 Å². The van der Waals surface area contributed by atoms with Crippen molar-refractivity contribution in [3.05, 3.63) is 16.1 Å². The van der Waals surface area contributed by atoms with Crippen LogP contribution in [0.15, 0.2) is 6.07 Å². The lowest BCUT2D eigenvalue weighted by Gasteiger charge is -2.18. The number of aromatic nitrogens is 1. The smallest absolute Gasteiger partial charge is 0.147 e. The minimum Gasteiger partial charge on any atom is -0.372 e. The zero-order valence-electron chi connectivity index (χ0n) is 11.2. The number of halogens is 2. The Hall–Kier alpha value is -0.710. The van der Waals surface area contributed by atoms with E-state index in [0.29, 0.717) is 27.7 Å². The van der Waals surface area contributed by atoms with Gasteiger partial charge in [0.15, 0.2) is 0 Å². The fourth-order valence-electron chi connectivity index (χ4n) is 1.50. The van der Waals surface area contributed by atoms with E-state index in [-0.39, 0.29) is 0 Å². The van der Waals surface area contributed by atoms with E-state index in [1.807, 2.05) is 0 Å². The number of pyridine rings is 1. The summed E-state index contributed by atoms with van der Waals surface area (Å²) >= 11 is 12.1. The van der Waals surface area contributed by atoms with Crippen molar-refractivity contribution in [3.63, 3.8) is 0 Å². The maximum absolute atomic E-state index is 6.12. The summed E-state index contributed by atoms with van der Waals surface area (Å²) in [6.45, 7) is 3.12. The molecule has 0 saturated carbocycles. The summed E-state index contributed by atoms with van der Waals surface area (Å²) < 4.78 is 0. The van der Waals surface area contributed by atoms with Gasteiger partial charge in [0.05, 0.1) is 10.0 Å². The Balaban J connectivity index is 2.71. The van der Waals surface area contributed by atoms with Gasteiger partial charge in [0, 0.05) is 13.1 Å². The van der Waals surface area contributed by atoms with Crippen molar-refractivity contribution in [2.24, 2.45) is 0 Å². The van der Waals surface area contributed by atoms with E-state index in [4.69, 9.17) is 23.2 Å². The molecule has 0 spiro atoms. The van der Waals surface area contributed by atoms with Gasteiger partial charge in [-0.2, -0.15) is 0 Å². The number of hydrogen-bond donors (Lipinski definition) is 2. The molecule has 1 unspecified atom stereocenters. The van der Waals surface area contributed by atoms with Crippen molar-refractivity contribution in [1.82, 2.24) is 9.88 Å². The fourth-order valence-corrected chi connectivity index (χ4v) is 2.01. The molecule has 18 heavy (non-hydrogen) atoms. The maximum Gasteiger partial charge on any atom is 0.147 e. The number of anilines is 2. The summed E-state index contributed by atoms with van der Waals surface area (Å²) in [6.07, 6.45) is 1.02. The number of rotatable bonds is 6. The van der Waals surface area contributed by atoms with E-state index in [1.165, 1.54) is 0 Å². The average molecular weight is 291 g/mol. The van der Waals surface area contributed by atoms with Crippen LogP contribution in [0.1, 0.15) is 13.3 Å². The van der Waals surface area contributed by atoms with E-state index in [2.05, 4.69) is 41.5 Å². The standard InChI is InChI=1S/C12H20Cl2N4/c1-8(5-6-18(3)4)16-12-10(14)7-9(13)11(15-2)17-12/h7-8H,5-6H2,1-4H3,(H2,15,16,17). The highest BCUT2D eigenvalue weighted by Gasteiger charge is 2.11. The van der Waals surface area contributed by atoms with Crippen molar-refractivity contribution in [3.8, 4) is 0 Å². The molecule has 1 aromatic rings. The molecule has 0 saturated heterocycles. The minimum absolute atomic E-state index is 0.295. The van der Waals surface area contributed by atoms with Crippen LogP contribution in [0.5, 0.6) is 0 Å². The number of nitrogens with one attached hydrogen (secondary N) is 2. The first kappa shape index (κ1) is 15.3. The van der Waals surface area contributed by atoms with Gasteiger partial charge in [-0.05, 0) is 40.1 Å². The molecular formula is C12H20Cl2N4. The second-order valence-electron chi connectivity index (χ2n) is 4.54. The minimum atomic E-state index is 0.295. The van der Waals surface area contributed by atoms with Crippen LogP contribution in [-0.2, 0) is 0 Å². The van der Waals surface area contributed by atoms with Gasteiger partial charge in [-0.1, -0.05) is 23.2 Å². The van der Waals surface area contributed by atoms with Crippen LogP contribution in [0.25, 0.3) is 0 Å². The predicted molar refractivity (Wildman–Crippen MR) is 80.1 cm³/mol. The maximum atomic E-state index is 6.12. The van der Waals surface area contributed by atoms with Gasteiger partial charge in [-0.3, -0.25) is 0 Å². The third-order valence-corrected chi connectivity index (χ3v) is 3.13. The Morgan fingerprint density at radius 3 is 2.44 bits per heavy atom. The predicted octanol–water partition coefficient (Wildman–Crippen LogP) is 3.18. The lowest BCUT2D eigenvalue weighted by molar-refractivity contribution is 0.390. The summed E-state index contributed by atoms with van der Waals surface area (Å²) in [4.78, 5) is 6.50. The molecule has 4 nitrogen and oxygen atoms in total. The van der Waals surface area contributed by atoms with E-state index in [1.54, 1.807) is 13.1 Å². The molecular weight excluding hydrogens is 271 g/mol. The van der Waals surface area contributed by atoms with E-state index >= 15 is 0 Å². The van der Waals surface area contributed by atoms with E-state index in [9.17, 15) is 0 Å². The first-order chi connectivity index (χ1) is 8.43. The molecule has 1 heterocycles. The Bertz CT molecular complexity index is 396. The first-order valence-corrected chi connectivity index (χ1v) is 6.64. The van der Waals surface area contributed by atoms with Gasteiger partial charge in [-0.15, -0.1) is 0 Å². The summed E-state index contributed by atoms with van der Waals surface area (Å²) in [5.74, 6) is 1.29. The third kappa shape index (κ3) is 4.52. The molecule has 102 valence electrons. The molecule has 0 aliphatic carbocycles. The molecule has 0 radical (unpaired) electrons. The lowest BCUT2D eigenvalue weighted by atomic mass is 10.2. The van der Waals surface area contributed by atoms with Crippen molar-refractivity contribution in [2.75, 3.05) is 38.3 Å². The molecule has 0 amide bonds. The molecule has 0 aliphatic heterocycles. The molecule has 1 rings (SSSR count). The highest BCUT2D eigenvalue weighted by atomic mass is 35.5. The quantitative estimate of drug-likeness (QED) is 0.844. The van der Waals surface area contributed by atoms with Crippen molar-refractivity contribution in [1.29, 1.82) is 0 Å². The molecule has 1 atom stereocenters. The highest BCUT2D eigenvalue weighted by molar-refractivity contribution is 6.37. The van der Waals surface area contributed by atoms with Gasteiger partial charge in [-0.25, -0.2) is 4.98 Å². The van der Waals surface area contributed by atoms with Gasteiger partial charge >= 0.3 is 0 Å². The van der Waals surface area contributed by atoms with Crippen molar-refractivity contribution in [2.45, 2.75) is 19.4 Å². The highest BCUT2D eigenvalue weighted by Crippen LogP contribution is 2.29. The number of hydrogen-bond acceptors (Lipinski definition) is 4. The van der Waals surface area contributed by atoms with Crippen LogP contribution in [0.2, 0.25) is 10.0 Å². The topological polar surface area (TPSA) is 40.2 Å². The van der Waals surface area contributed by atoms with Crippen LogP contribution < -0.4 is 10.6 Å². The Morgan fingerprint density at radius 2 is 1.89 bits per heavy atom. The van der Waals surface area contributed by atoms with E-state index in [0.717, 1.165) is 13.0 Å². The van der Waals surface area contributed by atoms with Gasteiger partial charge in [0.1, 0.15) is 11.6 Å². The zero-order valence-corrected chi connectivity index (χ0v) is 12.7. The van der Waals surface area contributed by atoms with Crippen LogP contribution in [0, 0.1) is 0 Å². The molecule has 0 aromatic carbocycles. The third-order valence-electron chi connectivity index (χ3n) is 2.56. The molecule has 0 aliphatic rings. The lowest BCUT2D eigenvalue weighted by Crippen LogP contribution is -2.23. The Labute approximate surface area is 119 Å². The monoisotopic (exact) mass is 290 g/mol. The number of nitrogens with zero attached hydrogens (tertiary/aromatic N) is 2. The SMILES string of the molecule is CNc1nc(NC(C)CCN(C)C)c(Cl)cc1Cl. The zero-order chi connectivity index (χ0) is 13.7. The second kappa shape index (κ2) is 7.02. The van der Waals surface area contributed by atoms with Crippen molar-refractivity contribution >= 4 is 34.8 Å². The fraction of sp³-hybridized carbons (Fsp3) is 0.583. The molecule has 0 fully saturated rings. The molecule has 2 N–H and O–H groups in total. The molecule has 1 aromatic heterocycles. The van der Waals surface area contributed by atoms with Gasteiger partial charge < -0.3 is 15.5 Å². The van der Waals surface area contributed by atoms with Crippen LogP contribution in [-0.4, -0.2) is 43.6 Å². The summed E-state index contributed by atoms with van der Waals surface area (Å²) in [6, 6.07) is 1.99. The largest absolute Gasteiger partial charge is 0.372 e. The van der Waals surface area contributed by atoms with Crippen molar-refractivity contribution < 1.29 is 0 Å². The van der Waals surface area contributed by atoms with E-state index < -0.39 is 0 Å². The normalized spacial score (nSPS) is 12.6. The summed E-state index contributed by atoms with van der Waals surface area (Å²) in [7, 11) is 5.89. The molecule has 6 heteroatoms. The van der Waals surface area contributed by atoms with Crippen LogP contribution in [0.3, 0.4) is 0 Å². The van der Waals surface area contributed by atoms with Crippen LogP contribution >= 0.6 is 23.2 Å². The summed E-state index contributed by atoms with van der Waals surface area (Å²) in [5.41, 5.74) is 0.